The van der Waals surface area contributed by atoms with Crippen LogP contribution in [0.15, 0.2) is 51.9 Å². The third-order valence-corrected chi connectivity index (χ3v) is 6.27. The van der Waals surface area contributed by atoms with Gasteiger partial charge in [0.25, 0.3) is 5.56 Å². The summed E-state index contributed by atoms with van der Waals surface area (Å²) in [6.07, 6.45) is 1.52. The molecule has 0 radical (unpaired) electrons. The average molecular weight is 453 g/mol. The summed E-state index contributed by atoms with van der Waals surface area (Å²) in [5.41, 5.74) is -0.279. The third kappa shape index (κ3) is 3.57. The summed E-state index contributed by atoms with van der Waals surface area (Å²) in [5.74, 6) is -1.17. The van der Waals surface area contributed by atoms with Crippen LogP contribution < -0.4 is 5.56 Å². The van der Waals surface area contributed by atoms with E-state index in [0.29, 0.717) is 15.4 Å². The maximum atomic E-state index is 13.2. The summed E-state index contributed by atoms with van der Waals surface area (Å²) in [7, 11) is -2.55. The van der Waals surface area contributed by atoms with Crippen LogP contribution >= 0.6 is 15.9 Å². The van der Waals surface area contributed by atoms with Gasteiger partial charge in [0.05, 0.1) is 12.4 Å². The number of ether oxygens (including phenoxy) is 1. The monoisotopic (exact) mass is 452 g/mol. The fourth-order valence-electron chi connectivity index (χ4n) is 2.83. The van der Waals surface area contributed by atoms with E-state index in [1.165, 1.54) is 23.9 Å². The second-order valence-corrected chi connectivity index (χ2v) is 8.58. The molecule has 0 bridgehead atoms. The first-order chi connectivity index (χ1) is 12.8. The van der Waals surface area contributed by atoms with Crippen LogP contribution in [0.1, 0.15) is 23.0 Å². The van der Waals surface area contributed by atoms with E-state index < -0.39 is 21.6 Å². The van der Waals surface area contributed by atoms with Gasteiger partial charge in [-0.1, -0.05) is 30.3 Å². The molecule has 142 valence electrons. The first-order valence-electron chi connectivity index (χ1n) is 8.11. The van der Waals surface area contributed by atoms with Crippen LogP contribution in [0, 0.1) is 0 Å². The topological polar surface area (TPSA) is 87.4 Å². The Morgan fingerprint density at radius 3 is 2.52 bits per heavy atom. The molecule has 0 saturated heterocycles. The second-order valence-electron chi connectivity index (χ2n) is 5.91. The Morgan fingerprint density at radius 2 is 1.89 bits per heavy atom. The summed E-state index contributed by atoms with van der Waals surface area (Å²) in [6.45, 7) is 1.70. The van der Waals surface area contributed by atoms with Crippen molar-refractivity contribution in [2.45, 2.75) is 12.7 Å². The number of halogens is 1. The van der Waals surface area contributed by atoms with Gasteiger partial charge in [-0.25, -0.2) is 17.2 Å². The number of benzene rings is 1. The summed E-state index contributed by atoms with van der Waals surface area (Å²) in [6, 6.07) is 9.92. The molecular weight excluding hydrogens is 436 g/mol. The van der Waals surface area contributed by atoms with E-state index in [2.05, 4.69) is 15.9 Å². The van der Waals surface area contributed by atoms with Gasteiger partial charge < -0.3 is 9.30 Å². The highest BCUT2D eigenvalue weighted by atomic mass is 79.9. The number of fused-ring (bicyclic) bond motifs is 1. The number of pyridine rings is 1. The van der Waals surface area contributed by atoms with Crippen molar-refractivity contribution in [1.82, 2.24) is 8.54 Å². The number of hydrogen-bond donors (Lipinski definition) is 0. The Bertz CT molecular complexity index is 1180. The van der Waals surface area contributed by atoms with Crippen LogP contribution in [0.5, 0.6) is 0 Å². The lowest BCUT2D eigenvalue weighted by Crippen LogP contribution is -2.26. The van der Waals surface area contributed by atoms with Crippen LogP contribution in [-0.4, -0.2) is 29.5 Å². The molecule has 0 N–H and O–H groups in total. The normalized spacial score (nSPS) is 11.7. The molecule has 7 nitrogen and oxygen atoms in total. The summed E-state index contributed by atoms with van der Waals surface area (Å²) in [4.78, 5) is 25.1. The molecule has 3 aromatic rings. The van der Waals surface area contributed by atoms with Crippen LogP contribution in [-0.2, 0) is 27.6 Å². The molecule has 0 unspecified atom stereocenters. The van der Waals surface area contributed by atoms with Gasteiger partial charge >= 0.3 is 5.97 Å². The van der Waals surface area contributed by atoms with E-state index >= 15 is 0 Å². The molecule has 3 rings (SSSR count). The first-order valence-corrected chi connectivity index (χ1v) is 10.5. The standard InChI is InChI=1S/C18H17BrN2O5S/c1-3-26-18(23)15-9-13-14(19)10-20(2)17(22)16(13)21(15)27(24,25)11-12-7-5-4-6-8-12/h4-10H,3,11H2,1-2H3. The van der Waals surface area contributed by atoms with Crippen molar-refractivity contribution in [3.63, 3.8) is 0 Å². The SMILES string of the molecule is CCOC(=O)c1cc2c(Br)cn(C)c(=O)c2n1S(=O)(=O)Cc1ccccc1. The van der Waals surface area contributed by atoms with Crippen molar-refractivity contribution in [2.24, 2.45) is 7.05 Å². The molecule has 0 amide bonds. The molecule has 0 spiro atoms. The van der Waals surface area contributed by atoms with E-state index in [9.17, 15) is 18.0 Å². The van der Waals surface area contributed by atoms with E-state index in [1.54, 1.807) is 37.3 Å². The second kappa shape index (κ2) is 7.32. The van der Waals surface area contributed by atoms with Gasteiger partial charge in [0.15, 0.2) is 0 Å². The Hall–Kier alpha value is -2.39. The molecule has 9 heteroatoms. The molecule has 27 heavy (non-hydrogen) atoms. The molecular formula is C18H17BrN2O5S. The zero-order valence-electron chi connectivity index (χ0n) is 14.7. The zero-order chi connectivity index (χ0) is 19.8. The van der Waals surface area contributed by atoms with Gasteiger partial charge in [0.2, 0.25) is 10.0 Å². The minimum Gasteiger partial charge on any atom is -0.461 e. The van der Waals surface area contributed by atoms with Gasteiger partial charge in [-0.3, -0.25) is 4.79 Å². The maximum absolute atomic E-state index is 13.2. The number of hydrogen-bond acceptors (Lipinski definition) is 5. The lowest BCUT2D eigenvalue weighted by Gasteiger charge is -2.11. The Labute approximate surface area is 164 Å². The van der Waals surface area contributed by atoms with Crippen molar-refractivity contribution in [2.75, 3.05) is 6.61 Å². The fourth-order valence-corrected chi connectivity index (χ4v) is 5.06. The highest BCUT2D eigenvalue weighted by Gasteiger charge is 2.28. The molecule has 0 aliphatic heterocycles. The number of nitrogens with zero attached hydrogens (tertiary/aromatic N) is 2. The van der Waals surface area contributed by atoms with Crippen LogP contribution in [0.4, 0.5) is 0 Å². The molecule has 2 heterocycles. The van der Waals surface area contributed by atoms with Gasteiger partial charge in [0, 0.05) is 23.1 Å². The Morgan fingerprint density at radius 1 is 1.22 bits per heavy atom. The highest BCUT2D eigenvalue weighted by Crippen LogP contribution is 2.28. The summed E-state index contributed by atoms with van der Waals surface area (Å²) < 4.78 is 33.9. The van der Waals surface area contributed by atoms with Gasteiger partial charge in [-0.2, -0.15) is 0 Å². The van der Waals surface area contributed by atoms with Gasteiger partial charge in [-0.15, -0.1) is 0 Å². The highest BCUT2D eigenvalue weighted by molar-refractivity contribution is 9.10. The minimum atomic E-state index is -4.06. The van der Waals surface area contributed by atoms with Crippen molar-refractivity contribution in [1.29, 1.82) is 0 Å². The maximum Gasteiger partial charge on any atom is 0.356 e. The van der Waals surface area contributed by atoms with E-state index in [0.717, 1.165) is 3.97 Å². The van der Waals surface area contributed by atoms with Gasteiger partial charge in [-0.05, 0) is 34.5 Å². The molecule has 0 aliphatic rings. The van der Waals surface area contributed by atoms with E-state index in [4.69, 9.17) is 4.74 Å². The molecule has 0 atom stereocenters. The van der Waals surface area contributed by atoms with Crippen LogP contribution in [0.25, 0.3) is 10.9 Å². The summed E-state index contributed by atoms with van der Waals surface area (Å²) in [5, 5.41) is 0.331. The van der Waals surface area contributed by atoms with Crippen molar-refractivity contribution >= 4 is 42.8 Å². The zero-order valence-corrected chi connectivity index (χ0v) is 17.1. The quantitative estimate of drug-likeness (QED) is 0.555. The molecule has 0 fully saturated rings. The van der Waals surface area contributed by atoms with E-state index in [1.807, 2.05) is 0 Å². The third-order valence-electron chi connectivity index (χ3n) is 4.00. The lowest BCUT2D eigenvalue weighted by atomic mass is 10.2. The van der Waals surface area contributed by atoms with Crippen molar-refractivity contribution < 1.29 is 17.9 Å². The summed E-state index contributed by atoms with van der Waals surface area (Å²) >= 11 is 3.33. The number of rotatable bonds is 5. The van der Waals surface area contributed by atoms with E-state index in [-0.39, 0.29) is 23.6 Å². The molecule has 2 aromatic heterocycles. The average Bonchev–Trinajstić information content (AvgIpc) is 3.03. The predicted molar refractivity (Wildman–Crippen MR) is 105 cm³/mol. The van der Waals surface area contributed by atoms with Crippen LogP contribution in [0.3, 0.4) is 0 Å². The fraction of sp³-hybridized carbons (Fsp3) is 0.222. The van der Waals surface area contributed by atoms with Crippen LogP contribution in [0.2, 0.25) is 0 Å². The number of aryl methyl sites for hydroxylation is 1. The number of esters is 1. The smallest absolute Gasteiger partial charge is 0.356 e. The molecule has 1 aromatic carbocycles. The van der Waals surface area contributed by atoms with Crippen molar-refractivity contribution in [3.8, 4) is 0 Å². The number of aromatic nitrogens is 2. The molecule has 0 saturated carbocycles. The van der Waals surface area contributed by atoms with Gasteiger partial charge in [0.1, 0.15) is 11.2 Å². The lowest BCUT2D eigenvalue weighted by molar-refractivity contribution is 0.0518. The molecule has 0 aliphatic carbocycles. The van der Waals surface area contributed by atoms with Crippen molar-refractivity contribution in [3.05, 3.63) is 68.7 Å². The first kappa shape index (κ1) is 19.4. The Kier molecular flexibility index (Phi) is 5.25. The number of carbonyl (C=O) groups is 1. The largest absolute Gasteiger partial charge is 0.461 e. The predicted octanol–water partition coefficient (Wildman–Crippen LogP) is 2.66. The minimum absolute atomic E-state index is 0.0816. The Balaban J connectivity index is 2.33. The number of carbonyl (C=O) groups excluding carboxylic acids is 1.